The Morgan fingerprint density at radius 3 is 3.00 bits per heavy atom. The first-order chi connectivity index (χ1) is 10.2. The summed E-state index contributed by atoms with van der Waals surface area (Å²) in [6, 6.07) is 6.01. The van der Waals surface area contributed by atoms with Crippen molar-refractivity contribution in [1.29, 1.82) is 0 Å². The molecule has 0 spiro atoms. The van der Waals surface area contributed by atoms with E-state index in [1.165, 1.54) is 11.3 Å². The number of carbonyl (C=O) groups excluding carboxylic acids is 1. The van der Waals surface area contributed by atoms with Gasteiger partial charge >= 0.3 is 6.03 Å². The number of rotatable bonds is 3. The van der Waals surface area contributed by atoms with Gasteiger partial charge < -0.3 is 20.3 Å². The molecule has 1 fully saturated rings. The van der Waals surface area contributed by atoms with E-state index in [1.807, 2.05) is 6.07 Å². The molecule has 114 valence electrons. The molecule has 0 unspecified atom stereocenters. The minimum atomic E-state index is -0.123. The van der Waals surface area contributed by atoms with Gasteiger partial charge in [-0.15, -0.1) is 0 Å². The number of anilines is 2. The molecule has 2 aliphatic heterocycles. The predicted octanol–water partition coefficient (Wildman–Crippen LogP) is 2.23. The van der Waals surface area contributed by atoms with Crippen LogP contribution in [0.3, 0.4) is 0 Å². The van der Waals surface area contributed by atoms with Crippen LogP contribution in [0.1, 0.15) is 18.4 Å². The average molecular weight is 289 g/mol. The van der Waals surface area contributed by atoms with Gasteiger partial charge in [-0.3, -0.25) is 0 Å². The van der Waals surface area contributed by atoms with Crippen LogP contribution in [0.4, 0.5) is 16.2 Å². The van der Waals surface area contributed by atoms with Gasteiger partial charge in [0.2, 0.25) is 0 Å². The molecule has 0 bridgehead atoms. The minimum absolute atomic E-state index is 0.123. The Labute approximate surface area is 125 Å². The molecule has 0 saturated carbocycles. The molecule has 1 aromatic carbocycles. The van der Waals surface area contributed by atoms with Crippen LogP contribution in [0, 0.1) is 5.92 Å². The number of amides is 2. The molecule has 0 aliphatic carbocycles. The number of likely N-dealkylation sites (N-methyl/N-ethyl adjacent to an activating group) is 1. The first-order valence-corrected chi connectivity index (χ1v) is 7.69. The van der Waals surface area contributed by atoms with Gasteiger partial charge in [0.1, 0.15) is 0 Å². The highest BCUT2D eigenvalue weighted by atomic mass is 16.5. The summed E-state index contributed by atoms with van der Waals surface area (Å²) in [5, 5.41) is 5.88. The molecular formula is C16H23N3O2. The van der Waals surface area contributed by atoms with Crippen LogP contribution < -0.4 is 15.5 Å². The Morgan fingerprint density at radius 1 is 1.38 bits per heavy atom. The molecule has 1 saturated heterocycles. The standard InChI is InChI=1S/C16H23N3O2/c1-19-7-4-13-2-3-14(10-15(13)19)18-16(20)17-11-12-5-8-21-9-6-12/h2-3,10,12H,4-9,11H2,1H3,(H2,17,18,20). The number of urea groups is 1. The molecule has 2 amide bonds. The average Bonchev–Trinajstić information content (AvgIpc) is 2.87. The first-order valence-electron chi connectivity index (χ1n) is 7.69. The van der Waals surface area contributed by atoms with Gasteiger partial charge in [0.25, 0.3) is 0 Å². The fourth-order valence-corrected chi connectivity index (χ4v) is 2.98. The highest BCUT2D eigenvalue weighted by molar-refractivity contribution is 5.90. The van der Waals surface area contributed by atoms with Crippen molar-refractivity contribution in [1.82, 2.24) is 5.32 Å². The normalized spacial score (nSPS) is 18.4. The van der Waals surface area contributed by atoms with Crippen molar-refractivity contribution >= 4 is 17.4 Å². The van der Waals surface area contributed by atoms with Gasteiger partial charge in [-0.05, 0) is 42.9 Å². The lowest BCUT2D eigenvalue weighted by Gasteiger charge is -2.22. The Hall–Kier alpha value is -1.75. The maximum atomic E-state index is 12.0. The van der Waals surface area contributed by atoms with E-state index in [9.17, 15) is 4.79 Å². The highest BCUT2D eigenvalue weighted by Gasteiger charge is 2.17. The summed E-state index contributed by atoms with van der Waals surface area (Å²) in [5.41, 5.74) is 3.43. The van der Waals surface area contributed by atoms with Crippen LogP contribution in [0.2, 0.25) is 0 Å². The quantitative estimate of drug-likeness (QED) is 0.897. The van der Waals surface area contributed by atoms with Gasteiger partial charge in [-0.25, -0.2) is 4.79 Å². The second kappa shape index (κ2) is 6.35. The van der Waals surface area contributed by atoms with Crippen molar-refractivity contribution in [3.63, 3.8) is 0 Å². The number of nitrogens with zero attached hydrogens (tertiary/aromatic N) is 1. The van der Waals surface area contributed by atoms with Crippen molar-refractivity contribution < 1.29 is 9.53 Å². The lowest BCUT2D eigenvalue weighted by atomic mass is 10.0. The van der Waals surface area contributed by atoms with Gasteiger partial charge in [0.15, 0.2) is 0 Å². The van der Waals surface area contributed by atoms with Crippen molar-refractivity contribution in [2.45, 2.75) is 19.3 Å². The van der Waals surface area contributed by atoms with Crippen molar-refractivity contribution in [2.75, 3.05) is 43.6 Å². The van der Waals surface area contributed by atoms with E-state index < -0.39 is 0 Å². The maximum Gasteiger partial charge on any atom is 0.319 e. The van der Waals surface area contributed by atoms with E-state index in [2.05, 4.69) is 34.7 Å². The predicted molar refractivity (Wildman–Crippen MR) is 84.0 cm³/mol. The number of hydrogen-bond acceptors (Lipinski definition) is 3. The Balaban J connectivity index is 1.51. The van der Waals surface area contributed by atoms with Crippen molar-refractivity contribution in [2.24, 2.45) is 5.92 Å². The van der Waals surface area contributed by atoms with E-state index in [0.717, 1.165) is 51.3 Å². The van der Waals surface area contributed by atoms with Crippen LogP contribution >= 0.6 is 0 Å². The van der Waals surface area contributed by atoms with Crippen LogP contribution in [0.5, 0.6) is 0 Å². The molecule has 3 rings (SSSR count). The van der Waals surface area contributed by atoms with E-state index in [-0.39, 0.29) is 6.03 Å². The summed E-state index contributed by atoms with van der Waals surface area (Å²) < 4.78 is 5.32. The van der Waals surface area contributed by atoms with Crippen LogP contribution in [0.15, 0.2) is 18.2 Å². The van der Waals surface area contributed by atoms with Gasteiger partial charge in [0.05, 0.1) is 0 Å². The number of benzene rings is 1. The van der Waals surface area contributed by atoms with Gasteiger partial charge in [0, 0.05) is 44.7 Å². The van der Waals surface area contributed by atoms with Crippen molar-refractivity contribution in [3.05, 3.63) is 23.8 Å². The third-order valence-corrected chi connectivity index (χ3v) is 4.36. The molecule has 0 aromatic heterocycles. The van der Waals surface area contributed by atoms with Crippen LogP contribution in [-0.4, -0.2) is 39.4 Å². The monoisotopic (exact) mass is 289 g/mol. The number of carbonyl (C=O) groups is 1. The molecule has 5 heteroatoms. The molecule has 1 aromatic rings. The minimum Gasteiger partial charge on any atom is -0.381 e. The third-order valence-electron chi connectivity index (χ3n) is 4.36. The summed E-state index contributed by atoms with van der Waals surface area (Å²) in [7, 11) is 2.08. The Kier molecular flexibility index (Phi) is 4.29. The molecule has 0 atom stereocenters. The SMILES string of the molecule is CN1CCc2ccc(NC(=O)NCC3CCOCC3)cc21. The molecule has 21 heavy (non-hydrogen) atoms. The summed E-state index contributed by atoms with van der Waals surface area (Å²) >= 11 is 0. The van der Waals surface area contributed by atoms with E-state index in [0.29, 0.717) is 5.92 Å². The topological polar surface area (TPSA) is 53.6 Å². The molecule has 2 aliphatic rings. The molecular weight excluding hydrogens is 266 g/mol. The first kappa shape index (κ1) is 14.2. The number of fused-ring (bicyclic) bond motifs is 1. The van der Waals surface area contributed by atoms with Crippen molar-refractivity contribution in [3.8, 4) is 0 Å². The fourth-order valence-electron chi connectivity index (χ4n) is 2.98. The Morgan fingerprint density at radius 2 is 2.19 bits per heavy atom. The molecule has 5 nitrogen and oxygen atoms in total. The van der Waals surface area contributed by atoms with Crippen LogP contribution in [-0.2, 0) is 11.2 Å². The summed E-state index contributed by atoms with van der Waals surface area (Å²) in [6.45, 7) is 3.39. The maximum absolute atomic E-state index is 12.0. The number of nitrogens with one attached hydrogen (secondary N) is 2. The summed E-state index contributed by atoms with van der Waals surface area (Å²) in [6.07, 6.45) is 3.15. The lowest BCUT2D eigenvalue weighted by molar-refractivity contribution is 0.0671. The smallest absolute Gasteiger partial charge is 0.319 e. The van der Waals surface area contributed by atoms with E-state index in [4.69, 9.17) is 4.74 Å². The van der Waals surface area contributed by atoms with Gasteiger partial charge in [-0.1, -0.05) is 6.07 Å². The zero-order valence-electron chi connectivity index (χ0n) is 12.5. The Bertz CT molecular complexity index is 512. The zero-order valence-corrected chi connectivity index (χ0v) is 12.5. The summed E-state index contributed by atoms with van der Waals surface area (Å²) in [4.78, 5) is 14.2. The van der Waals surface area contributed by atoms with Gasteiger partial charge in [-0.2, -0.15) is 0 Å². The second-order valence-electron chi connectivity index (χ2n) is 5.91. The molecule has 2 N–H and O–H groups in total. The lowest BCUT2D eigenvalue weighted by Crippen LogP contribution is -2.35. The second-order valence-corrected chi connectivity index (χ2v) is 5.91. The summed E-state index contributed by atoms with van der Waals surface area (Å²) in [5.74, 6) is 0.538. The van der Waals surface area contributed by atoms with E-state index >= 15 is 0 Å². The molecule has 2 heterocycles. The zero-order chi connectivity index (χ0) is 14.7. The highest BCUT2D eigenvalue weighted by Crippen LogP contribution is 2.29. The molecule has 0 radical (unpaired) electrons. The van der Waals surface area contributed by atoms with E-state index in [1.54, 1.807) is 0 Å². The van der Waals surface area contributed by atoms with Crippen LogP contribution in [0.25, 0.3) is 0 Å². The number of hydrogen-bond donors (Lipinski definition) is 2. The largest absolute Gasteiger partial charge is 0.381 e. The fraction of sp³-hybridized carbons (Fsp3) is 0.562. The number of ether oxygens (including phenoxy) is 1. The third kappa shape index (κ3) is 3.47.